The molecule has 2 aliphatic heterocycles. The molecular formula is C61H44N4O3. The van der Waals surface area contributed by atoms with E-state index in [-0.39, 0.29) is 0 Å². The average molecular weight is 881 g/mol. The van der Waals surface area contributed by atoms with Crippen LogP contribution in [0.2, 0.25) is 0 Å². The molecule has 0 spiro atoms. The Morgan fingerprint density at radius 3 is 1.22 bits per heavy atom. The van der Waals surface area contributed by atoms with Crippen molar-refractivity contribution >= 4 is 34.1 Å². The van der Waals surface area contributed by atoms with Crippen molar-refractivity contribution < 1.29 is 14.2 Å². The Hall–Kier alpha value is -9.04. The van der Waals surface area contributed by atoms with Gasteiger partial charge < -0.3 is 24.0 Å². The molecule has 0 radical (unpaired) electrons. The second-order valence-corrected chi connectivity index (χ2v) is 17.2. The number of rotatable bonds is 8. The highest BCUT2D eigenvalue weighted by Crippen LogP contribution is 2.62. The molecule has 0 saturated carbocycles. The van der Waals surface area contributed by atoms with Crippen LogP contribution in [0.5, 0.6) is 23.0 Å². The molecule has 0 N–H and O–H groups in total. The number of nitriles is 2. The van der Waals surface area contributed by atoms with Crippen molar-refractivity contribution in [2.75, 3.05) is 24.0 Å². The molecule has 11 rings (SSSR count). The third-order valence-electron chi connectivity index (χ3n) is 13.3. The third kappa shape index (κ3) is 6.64. The van der Waals surface area contributed by atoms with Crippen molar-refractivity contribution in [1.82, 2.24) is 0 Å². The fourth-order valence-electron chi connectivity index (χ4n) is 10.2. The van der Waals surface area contributed by atoms with Gasteiger partial charge in [-0.05, 0) is 155 Å². The molecule has 0 amide bonds. The Balaban J connectivity index is 1.31. The van der Waals surface area contributed by atoms with Crippen LogP contribution in [0.3, 0.4) is 0 Å². The highest BCUT2D eigenvalue weighted by molar-refractivity contribution is 6.06. The standard InChI is InChI=1S/C61H44N4O3/c1-39-15-31-57-55(33-39)65(56-34-40(2)16-32-58(56)68-57)54-30-29-53(59(43-21-17-41(37-62)18-22-43)60(54)44-23-19-42(38-63)20-24-44)64-51-27-25-47(66-3)35-49(51)61(45-11-7-5-8-12-45,46-13-9-6-10-14-46)50-36-48(67-4)26-28-52(50)64/h5-36H,1-4H3. The molecule has 326 valence electrons. The fraction of sp³-hybridized carbons (Fsp3) is 0.0820. The molecule has 7 heteroatoms. The molecule has 0 bridgehead atoms. The predicted octanol–water partition coefficient (Wildman–Crippen LogP) is 15.1. The average Bonchev–Trinajstić information content (AvgIpc) is 3.39. The van der Waals surface area contributed by atoms with Crippen LogP contribution in [0.15, 0.2) is 194 Å². The fourth-order valence-corrected chi connectivity index (χ4v) is 10.2. The van der Waals surface area contributed by atoms with E-state index >= 15 is 0 Å². The maximum Gasteiger partial charge on any atom is 0.151 e. The predicted molar refractivity (Wildman–Crippen MR) is 271 cm³/mol. The van der Waals surface area contributed by atoms with Gasteiger partial charge in [0.25, 0.3) is 0 Å². The van der Waals surface area contributed by atoms with Gasteiger partial charge in [0.15, 0.2) is 11.5 Å². The van der Waals surface area contributed by atoms with Crippen molar-refractivity contribution in [2.45, 2.75) is 19.3 Å². The van der Waals surface area contributed by atoms with Crippen LogP contribution in [0.25, 0.3) is 22.3 Å². The SMILES string of the molecule is COc1ccc2c(c1)C(c1ccccc1)(c1ccccc1)c1cc(OC)ccc1N2c1ccc(N2c3cc(C)ccc3Oc3ccc(C)cc32)c(-c2ccc(C#N)cc2)c1-c1ccc(C#N)cc1. The Labute approximate surface area is 396 Å². The second kappa shape index (κ2) is 16.7. The lowest BCUT2D eigenvalue weighted by molar-refractivity contribution is 0.412. The maximum atomic E-state index is 10.1. The maximum absolute atomic E-state index is 10.1. The van der Waals surface area contributed by atoms with E-state index in [4.69, 9.17) is 14.2 Å². The van der Waals surface area contributed by atoms with Gasteiger partial charge in [-0.15, -0.1) is 0 Å². The lowest BCUT2D eigenvalue weighted by atomic mass is 9.62. The Morgan fingerprint density at radius 2 is 0.824 bits per heavy atom. The second-order valence-electron chi connectivity index (χ2n) is 17.2. The van der Waals surface area contributed by atoms with Crippen LogP contribution in [-0.4, -0.2) is 14.2 Å². The summed E-state index contributed by atoms with van der Waals surface area (Å²) in [4.78, 5) is 4.68. The van der Waals surface area contributed by atoms with E-state index in [0.717, 1.165) is 113 Å². The van der Waals surface area contributed by atoms with Crippen molar-refractivity contribution in [3.63, 3.8) is 0 Å². The summed E-state index contributed by atoms with van der Waals surface area (Å²) in [5, 5.41) is 20.2. The number of anilines is 6. The minimum atomic E-state index is -0.825. The zero-order valence-corrected chi connectivity index (χ0v) is 38.0. The molecule has 0 saturated heterocycles. The molecule has 9 aromatic carbocycles. The van der Waals surface area contributed by atoms with Gasteiger partial charge in [0, 0.05) is 11.1 Å². The first kappa shape index (κ1) is 41.7. The molecule has 0 fully saturated rings. The summed E-state index contributed by atoms with van der Waals surface area (Å²) in [7, 11) is 3.42. The van der Waals surface area contributed by atoms with Crippen molar-refractivity contribution in [3.05, 3.63) is 239 Å². The quantitative estimate of drug-likeness (QED) is 0.150. The Morgan fingerprint density at radius 1 is 0.426 bits per heavy atom. The van der Waals surface area contributed by atoms with Gasteiger partial charge in [-0.25, -0.2) is 0 Å². The molecular weight excluding hydrogens is 837 g/mol. The molecule has 0 aliphatic carbocycles. The number of benzene rings is 9. The minimum absolute atomic E-state index is 0.553. The van der Waals surface area contributed by atoms with Gasteiger partial charge in [0.1, 0.15) is 11.5 Å². The topological polar surface area (TPSA) is 81.8 Å². The third-order valence-corrected chi connectivity index (χ3v) is 13.3. The number of hydrogen-bond donors (Lipinski definition) is 0. The monoisotopic (exact) mass is 880 g/mol. The molecule has 0 atom stereocenters. The van der Waals surface area contributed by atoms with Gasteiger partial charge in [-0.2, -0.15) is 10.5 Å². The number of methoxy groups -OCH3 is 2. The summed E-state index contributed by atoms with van der Waals surface area (Å²) in [6, 6.07) is 71.4. The van der Waals surface area contributed by atoms with Crippen molar-refractivity contribution in [2.24, 2.45) is 0 Å². The van der Waals surface area contributed by atoms with Crippen molar-refractivity contribution in [1.29, 1.82) is 10.5 Å². The van der Waals surface area contributed by atoms with E-state index in [0.29, 0.717) is 11.1 Å². The van der Waals surface area contributed by atoms with Gasteiger partial charge in [-0.1, -0.05) is 97.1 Å². The van der Waals surface area contributed by atoms with Gasteiger partial charge in [0.05, 0.1) is 77.0 Å². The zero-order valence-electron chi connectivity index (χ0n) is 38.0. The van der Waals surface area contributed by atoms with Crippen LogP contribution < -0.4 is 24.0 Å². The first-order chi connectivity index (χ1) is 33.3. The molecule has 2 aliphatic rings. The lowest BCUT2D eigenvalue weighted by Crippen LogP contribution is -2.38. The summed E-state index contributed by atoms with van der Waals surface area (Å²) in [5.41, 5.74) is 15.8. The zero-order chi connectivity index (χ0) is 46.5. The molecule has 2 heterocycles. The first-order valence-electron chi connectivity index (χ1n) is 22.5. The summed E-state index contributed by atoms with van der Waals surface area (Å²) in [5.74, 6) is 2.92. The van der Waals surface area contributed by atoms with E-state index < -0.39 is 5.41 Å². The van der Waals surface area contributed by atoms with E-state index in [9.17, 15) is 10.5 Å². The Bertz CT molecular complexity index is 3350. The number of ether oxygens (including phenoxy) is 3. The summed E-state index contributed by atoms with van der Waals surface area (Å²) in [6.07, 6.45) is 0. The number of hydrogen-bond acceptors (Lipinski definition) is 7. The largest absolute Gasteiger partial charge is 0.497 e. The molecule has 68 heavy (non-hydrogen) atoms. The molecule has 0 aromatic heterocycles. The molecule has 9 aromatic rings. The van der Waals surface area contributed by atoms with Crippen LogP contribution in [-0.2, 0) is 5.41 Å². The van der Waals surface area contributed by atoms with E-state index in [1.54, 1.807) is 14.2 Å². The van der Waals surface area contributed by atoms with Gasteiger partial charge in [-0.3, -0.25) is 0 Å². The number of aryl methyl sites for hydroxylation is 2. The molecule has 0 unspecified atom stereocenters. The van der Waals surface area contributed by atoms with Crippen molar-refractivity contribution in [3.8, 4) is 57.4 Å². The normalized spacial score (nSPS) is 12.9. The summed E-state index contributed by atoms with van der Waals surface area (Å²) < 4.78 is 18.8. The highest BCUT2D eigenvalue weighted by atomic mass is 16.5. The van der Waals surface area contributed by atoms with Crippen LogP contribution >= 0.6 is 0 Å². The smallest absolute Gasteiger partial charge is 0.151 e. The minimum Gasteiger partial charge on any atom is -0.497 e. The van der Waals surface area contributed by atoms with Crippen LogP contribution in [0.4, 0.5) is 34.1 Å². The molecule has 7 nitrogen and oxygen atoms in total. The Kier molecular flexibility index (Phi) is 10.3. The van der Waals surface area contributed by atoms with Gasteiger partial charge in [0.2, 0.25) is 0 Å². The highest BCUT2D eigenvalue weighted by Gasteiger charge is 2.48. The van der Waals surface area contributed by atoms with E-state index in [2.05, 4.69) is 157 Å². The van der Waals surface area contributed by atoms with Gasteiger partial charge >= 0.3 is 0 Å². The van der Waals surface area contributed by atoms with E-state index in [1.165, 1.54) is 0 Å². The number of nitrogens with zero attached hydrogens (tertiary/aromatic N) is 4. The van der Waals surface area contributed by atoms with E-state index in [1.807, 2.05) is 72.8 Å². The lowest BCUT2D eigenvalue weighted by Gasteiger charge is -2.47. The summed E-state index contributed by atoms with van der Waals surface area (Å²) >= 11 is 0. The van der Waals surface area contributed by atoms with Crippen LogP contribution in [0.1, 0.15) is 44.5 Å². The number of fused-ring (bicyclic) bond motifs is 4. The first-order valence-corrected chi connectivity index (χ1v) is 22.5. The van der Waals surface area contributed by atoms with Crippen LogP contribution in [0, 0.1) is 36.5 Å². The summed E-state index contributed by atoms with van der Waals surface area (Å²) in [6.45, 7) is 4.19.